The first-order valence-electron chi connectivity index (χ1n) is 5.69. The molecular formula is C12H14ClNO5S. The maximum Gasteiger partial charge on any atom is 0.304 e. The van der Waals surface area contributed by atoms with Gasteiger partial charge in [-0.25, -0.2) is 8.42 Å². The standard InChI is InChI=1S/C12H14ClNO5S/c1-8(6-12(16)17)20(18,19)7-11(15)14-10-4-2-9(13)3-5-10/h2-5,8H,6-7H2,1H3,(H,14,15)(H,16,17). The molecule has 0 aliphatic carbocycles. The van der Waals surface area contributed by atoms with Crippen LogP contribution in [0.2, 0.25) is 5.02 Å². The van der Waals surface area contributed by atoms with Crippen molar-refractivity contribution in [1.29, 1.82) is 0 Å². The fourth-order valence-corrected chi connectivity index (χ4v) is 2.67. The van der Waals surface area contributed by atoms with Crippen molar-refractivity contribution in [3.8, 4) is 0 Å². The van der Waals surface area contributed by atoms with Crippen molar-refractivity contribution in [3.63, 3.8) is 0 Å². The molecule has 1 rings (SSSR count). The van der Waals surface area contributed by atoms with Crippen LogP contribution in [0.25, 0.3) is 0 Å². The van der Waals surface area contributed by atoms with E-state index in [1.165, 1.54) is 19.1 Å². The maximum absolute atomic E-state index is 11.8. The minimum absolute atomic E-state index is 0.417. The number of carbonyl (C=O) groups is 2. The van der Waals surface area contributed by atoms with Gasteiger partial charge in [-0.15, -0.1) is 0 Å². The molecule has 0 fully saturated rings. The highest BCUT2D eigenvalue weighted by atomic mass is 35.5. The van der Waals surface area contributed by atoms with E-state index in [4.69, 9.17) is 16.7 Å². The van der Waals surface area contributed by atoms with Crippen LogP contribution in [0.1, 0.15) is 13.3 Å². The molecule has 1 aromatic rings. The number of rotatable bonds is 6. The number of carboxylic acids is 1. The normalized spacial score (nSPS) is 12.7. The Labute approximate surface area is 121 Å². The van der Waals surface area contributed by atoms with E-state index in [2.05, 4.69) is 5.32 Å². The third-order valence-corrected chi connectivity index (χ3v) is 4.84. The third kappa shape index (κ3) is 5.18. The Kier molecular flexibility index (Phi) is 5.52. The summed E-state index contributed by atoms with van der Waals surface area (Å²) in [4.78, 5) is 22.1. The van der Waals surface area contributed by atoms with E-state index in [1.807, 2.05) is 0 Å². The smallest absolute Gasteiger partial charge is 0.304 e. The summed E-state index contributed by atoms with van der Waals surface area (Å²) in [6, 6.07) is 6.18. The molecule has 1 atom stereocenters. The van der Waals surface area contributed by atoms with Gasteiger partial charge in [-0.2, -0.15) is 0 Å². The van der Waals surface area contributed by atoms with Gasteiger partial charge in [0, 0.05) is 10.7 Å². The Morgan fingerprint density at radius 1 is 1.30 bits per heavy atom. The van der Waals surface area contributed by atoms with Crippen molar-refractivity contribution in [1.82, 2.24) is 0 Å². The quantitative estimate of drug-likeness (QED) is 0.828. The van der Waals surface area contributed by atoms with Crippen LogP contribution < -0.4 is 5.32 Å². The number of nitrogens with one attached hydrogen (secondary N) is 1. The molecule has 0 radical (unpaired) electrons. The van der Waals surface area contributed by atoms with Crippen LogP contribution in [0.4, 0.5) is 5.69 Å². The van der Waals surface area contributed by atoms with Crippen LogP contribution in [0.15, 0.2) is 24.3 Å². The number of amides is 1. The average Bonchev–Trinajstić information content (AvgIpc) is 2.30. The third-order valence-electron chi connectivity index (χ3n) is 2.54. The number of aliphatic carboxylic acids is 1. The zero-order chi connectivity index (χ0) is 15.3. The van der Waals surface area contributed by atoms with E-state index in [-0.39, 0.29) is 0 Å². The Bertz CT molecular complexity index is 597. The lowest BCUT2D eigenvalue weighted by atomic mass is 10.3. The van der Waals surface area contributed by atoms with E-state index >= 15 is 0 Å². The number of carbonyl (C=O) groups excluding carboxylic acids is 1. The lowest BCUT2D eigenvalue weighted by Crippen LogP contribution is -2.30. The van der Waals surface area contributed by atoms with E-state index in [0.29, 0.717) is 10.7 Å². The lowest BCUT2D eigenvalue weighted by Gasteiger charge is -2.11. The summed E-state index contributed by atoms with van der Waals surface area (Å²) in [5, 5.41) is 10.4. The van der Waals surface area contributed by atoms with Gasteiger partial charge in [0.1, 0.15) is 5.75 Å². The Morgan fingerprint density at radius 3 is 2.35 bits per heavy atom. The second-order valence-electron chi connectivity index (χ2n) is 4.27. The van der Waals surface area contributed by atoms with Crippen LogP contribution >= 0.6 is 11.6 Å². The number of sulfone groups is 1. The lowest BCUT2D eigenvalue weighted by molar-refractivity contribution is -0.137. The van der Waals surface area contributed by atoms with Gasteiger partial charge in [-0.3, -0.25) is 9.59 Å². The molecule has 110 valence electrons. The summed E-state index contributed by atoms with van der Waals surface area (Å²) in [6.45, 7) is 1.26. The van der Waals surface area contributed by atoms with Gasteiger partial charge >= 0.3 is 5.97 Å². The fourth-order valence-electron chi connectivity index (χ4n) is 1.43. The Hall–Kier alpha value is -1.60. The number of anilines is 1. The number of carboxylic acid groups (broad SMARTS) is 1. The van der Waals surface area contributed by atoms with Gasteiger partial charge in [0.2, 0.25) is 5.91 Å². The van der Waals surface area contributed by atoms with Crippen molar-refractivity contribution in [2.24, 2.45) is 0 Å². The number of hydrogen-bond acceptors (Lipinski definition) is 4. The molecule has 20 heavy (non-hydrogen) atoms. The summed E-state index contributed by atoms with van der Waals surface area (Å²) in [5.74, 6) is -2.70. The molecule has 0 bridgehead atoms. The van der Waals surface area contributed by atoms with E-state index in [9.17, 15) is 18.0 Å². The van der Waals surface area contributed by atoms with Gasteiger partial charge in [-0.1, -0.05) is 11.6 Å². The van der Waals surface area contributed by atoms with Gasteiger partial charge in [-0.05, 0) is 31.2 Å². The minimum atomic E-state index is -3.80. The first kappa shape index (κ1) is 16.5. The molecule has 0 aliphatic heterocycles. The largest absolute Gasteiger partial charge is 0.481 e. The molecule has 8 heteroatoms. The highest BCUT2D eigenvalue weighted by Gasteiger charge is 2.26. The monoisotopic (exact) mass is 319 g/mol. The van der Waals surface area contributed by atoms with Crippen LogP contribution in [-0.4, -0.2) is 36.4 Å². The predicted molar refractivity (Wildman–Crippen MR) is 75.6 cm³/mol. The molecule has 0 heterocycles. The van der Waals surface area contributed by atoms with Gasteiger partial charge in [0.25, 0.3) is 0 Å². The summed E-state index contributed by atoms with van der Waals surface area (Å²) in [6.07, 6.45) is -0.531. The number of benzene rings is 1. The summed E-state index contributed by atoms with van der Waals surface area (Å²) >= 11 is 5.68. The molecular weight excluding hydrogens is 306 g/mol. The Morgan fingerprint density at radius 2 is 1.85 bits per heavy atom. The first-order valence-corrected chi connectivity index (χ1v) is 7.79. The van der Waals surface area contributed by atoms with Crippen molar-refractivity contribution in [3.05, 3.63) is 29.3 Å². The van der Waals surface area contributed by atoms with Gasteiger partial charge in [0.05, 0.1) is 11.7 Å². The van der Waals surface area contributed by atoms with Crippen molar-refractivity contribution >= 4 is 39.0 Å². The second kappa shape index (κ2) is 6.71. The highest BCUT2D eigenvalue weighted by molar-refractivity contribution is 7.92. The molecule has 2 N–H and O–H groups in total. The molecule has 0 aromatic heterocycles. The Balaban J connectivity index is 2.65. The van der Waals surface area contributed by atoms with Crippen molar-refractivity contribution < 1.29 is 23.1 Å². The maximum atomic E-state index is 11.8. The summed E-state index contributed by atoms with van der Waals surface area (Å²) < 4.78 is 23.6. The zero-order valence-electron chi connectivity index (χ0n) is 10.7. The average molecular weight is 320 g/mol. The molecule has 0 aliphatic rings. The SMILES string of the molecule is CC(CC(=O)O)S(=O)(=O)CC(=O)Nc1ccc(Cl)cc1. The number of halogens is 1. The number of hydrogen-bond donors (Lipinski definition) is 2. The van der Waals surface area contributed by atoms with Crippen LogP contribution in [-0.2, 0) is 19.4 Å². The van der Waals surface area contributed by atoms with Crippen molar-refractivity contribution in [2.45, 2.75) is 18.6 Å². The fraction of sp³-hybridized carbons (Fsp3) is 0.333. The van der Waals surface area contributed by atoms with E-state index < -0.39 is 39.1 Å². The molecule has 0 saturated heterocycles. The summed E-state index contributed by atoms with van der Waals surface area (Å²) in [7, 11) is -3.80. The molecule has 1 aromatic carbocycles. The first-order chi connectivity index (χ1) is 9.20. The molecule has 1 amide bonds. The molecule has 0 saturated carbocycles. The van der Waals surface area contributed by atoms with Crippen LogP contribution in [0, 0.1) is 0 Å². The molecule has 6 nitrogen and oxygen atoms in total. The van der Waals surface area contributed by atoms with Gasteiger partial charge < -0.3 is 10.4 Å². The van der Waals surface area contributed by atoms with E-state index in [1.54, 1.807) is 12.1 Å². The van der Waals surface area contributed by atoms with Gasteiger partial charge in [0.15, 0.2) is 9.84 Å². The second-order valence-corrected chi connectivity index (χ2v) is 7.13. The predicted octanol–water partition coefficient (Wildman–Crippen LogP) is 1.56. The highest BCUT2D eigenvalue weighted by Crippen LogP contribution is 2.14. The van der Waals surface area contributed by atoms with Crippen molar-refractivity contribution in [2.75, 3.05) is 11.1 Å². The topological polar surface area (TPSA) is 101 Å². The molecule has 0 spiro atoms. The van der Waals surface area contributed by atoms with E-state index in [0.717, 1.165) is 0 Å². The zero-order valence-corrected chi connectivity index (χ0v) is 12.2. The van der Waals surface area contributed by atoms with Crippen LogP contribution in [0.3, 0.4) is 0 Å². The minimum Gasteiger partial charge on any atom is -0.481 e. The summed E-state index contributed by atoms with van der Waals surface area (Å²) in [5.41, 5.74) is 0.417. The van der Waals surface area contributed by atoms with Crippen LogP contribution in [0.5, 0.6) is 0 Å². The molecule has 1 unspecified atom stereocenters.